The van der Waals surface area contributed by atoms with Gasteiger partial charge in [-0.15, -0.1) is 0 Å². The van der Waals surface area contributed by atoms with E-state index in [1.54, 1.807) is 7.11 Å². The van der Waals surface area contributed by atoms with Crippen LogP contribution in [0.4, 0.5) is 0 Å². The molecule has 6 heteroatoms. The van der Waals surface area contributed by atoms with Crippen molar-refractivity contribution in [1.82, 2.24) is 5.32 Å². The van der Waals surface area contributed by atoms with Crippen LogP contribution in [-0.4, -0.2) is 36.1 Å². The Morgan fingerprint density at radius 2 is 1.93 bits per heavy atom. The lowest BCUT2D eigenvalue weighted by Gasteiger charge is -2.26. The number of hydrogen-bond acceptors (Lipinski definition) is 5. The molecule has 0 spiro atoms. The fourth-order valence-corrected chi connectivity index (χ4v) is 3.62. The molecular formula is C22H27NO5. The molecule has 1 atom stereocenters. The zero-order chi connectivity index (χ0) is 20.3. The van der Waals surface area contributed by atoms with Crippen molar-refractivity contribution in [2.75, 3.05) is 7.11 Å². The molecule has 1 aromatic heterocycles. The number of Topliss-reactive ketones (excluding diaryl/α,β-unsaturated/α-hetero) is 1. The van der Waals surface area contributed by atoms with E-state index in [4.69, 9.17) is 9.15 Å². The minimum absolute atomic E-state index is 0.0200. The first-order valence-electron chi connectivity index (χ1n) is 9.66. The molecule has 0 bridgehead atoms. The smallest absolute Gasteiger partial charge is 0.255 e. The number of carbonyl (C=O) groups excluding carboxylic acids is 2. The highest BCUT2D eigenvalue weighted by atomic mass is 16.5. The second-order valence-corrected chi connectivity index (χ2v) is 7.42. The minimum atomic E-state index is -0.282. The Morgan fingerprint density at radius 1 is 1.21 bits per heavy atom. The van der Waals surface area contributed by atoms with Gasteiger partial charge >= 0.3 is 0 Å². The zero-order valence-corrected chi connectivity index (χ0v) is 16.5. The summed E-state index contributed by atoms with van der Waals surface area (Å²) in [4.78, 5) is 24.8. The Bertz CT molecular complexity index is 848. The molecule has 2 N–H and O–H groups in total. The van der Waals surface area contributed by atoms with E-state index in [-0.39, 0.29) is 35.5 Å². The summed E-state index contributed by atoms with van der Waals surface area (Å²) < 4.78 is 11.1. The predicted octanol–water partition coefficient (Wildman–Crippen LogP) is 3.68. The monoisotopic (exact) mass is 385 g/mol. The van der Waals surface area contributed by atoms with Gasteiger partial charge in [0.05, 0.1) is 18.8 Å². The van der Waals surface area contributed by atoms with Crippen molar-refractivity contribution in [3.05, 3.63) is 53.0 Å². The summed E-state index contributed by atoms with van der Waals surface area (Å²) in [6.45, 7) is 3.36. The molecule has 2 aromatic rings. The molecule has 0 aliphatic heterocycles. The van der Waals surface area contributed by atoms with E-state index >= 15 is 0 Å². The third-order valence-corrected chi connectivity index (χ3v) is 5.37. The Labute approximate surface area is 164 Å². The van der Waals surface area contributed by atoms with Crippen LogP contribution in [0.3, 0.4) is 0 Å². The number of benzene rings is 1. The fraction of sp³-hybridized carbons (Fsp3) is 0.455. The standard InChI is InChI=1S/C22H27NO5/c1-13(15-5-4-6-18(11-15)27-3)21-19(12-20(28-21)14(2)24)22(26)23-16-7-9-17(25)10-8-16/h4-6,11-13,16-17,25H,7-10H2,1-3H3,(H,23,26). The first kappa shape index (κ1) is 20.1. The zero-order valence-electron chi connectivity index (χ0n) is 16.5. The van der Waals surface area contributed by atoms with Gasteiger partial charge in [-0.3, -0.25) is 9.59 Å². The van der Waals surface area contributed by atoms with Crippen molar-refractivity contribution >= 4 is 11.7 Å². The van der Waals surface area contributed by atoms with Gasteiger partial charge in [0.1, 0.15) is 11.5 Å². The lowest BCUT2D eigenvalue weighted by Crippen LogP contribution is -2.38. The van der Waals surface area contributed by atoms with Crippen molar-refractivity contribution in [2.24, 2.45) is 0 Å². The van der Waals surface area contributed by atoms with Crippen LogP contribution in [-0.2, 0) is 0 Å². The van der Waals surface area contributed by atoms with Gasteiger partial charge in [-0.25, -0.2) is 0 Å². The molecule has 1 amide bonds. The number of ether oxygens (including phenoxy) is 1. The van der Waals surface area contributed by atoms with Crippen molar-refractivity contribution in [1.29, 1.82) is 0 Å². The maximum atomic E-state index is 12.9. The van der Waals surface area contributed by atoms with Crippen LogP contribution in [0, 0.1) is 0 Å². The number of ketones is 1. The van der Waals surface area contributed by atoms with Crippen molar-refractivity contribution in [2.45, 2.75) is 57.6 Å². The molecule has 150 valence electrons. The molecule has 0 radical (unpaired) electrons. The van der Waals surface area contributed by atoms with Crippen LogP contribution in [0.2, 0.25) is 0 Å². The van der Waals surface area contributed by atoms with Gasteiger partial charge in [-0.2, -0.15) is 0 Å². The Morgan fingerprint density at radius 3 is 2.57 bits per heavy atom. The first-order chi connectivity index (χ1) is 13.4. The number of nitrogens with one attached hydrogen (secondary N) is 1. The Hall–Kier alpha value is -2.60. The maximum Gasteiger partial charge on any atom is 0.255 e. The van der Waals surface area contributed by atoms with Gasteiger partial charge in [0.25, 0.3) is 5.91 Å². The van der Waals surface area contributed by atoms with Gasteiger partial charge in [0.15, 0.2) is 11.5 Å². The molecule has 0 saturated heterocycles. The number of methoxy groups -OCH3 is 1. The third kappa shape index (κ3) is 4.44. The van der Waals surface area contributed by atoms with E-state index in [0.717, 1.165) is 24.2 Å². The third-order valence-electron chi connectivity index (χ3n) is 5.37. The van der Waals surface area contributed by atoms with E-state index in [1.807, 2.05) is 31.2 Å². The van der Waals surface area contributed by atoms with Crippen LogP contribution in [0.1, 0.15) is 77.7 Å². The molecule has 6 nitrogen and oxygen atoms in total. The van der Waals surface area contributed by atoms with E-state index in [1.165, 1.54) is 13.0 Å². The van der Waals surface area contributed by atoms with Crippen LogP contribution < -0.4 is 10.1 Å². The summed E-state index contributed by atoms with van der Waals surface area (Å²) in [5, 5.41) is 12.7. The van der Waals surface area contributed by atoms with Crippen molar-refractivity contribution in [3.63, 3.8) is 0 Å². The molecule has 3 rings (SSSR count). The van der Waals surface area contributed by atoms with Gasteiger partial charge in [-0.05, 0) is 43.4 Å². The van der Waals surface area contributed by atoms with Gasteiger partial charge < -0.3 is 19.6 Å². The fourth-order valence-electron chi connectivity index (χ4n) is 3.62. The Kier molecular flexibility index (Phi) is 6.19. The van der Waals surface area contributed by atoms with E-state index < -0.39 is 0 Å². The molecule has 1 fully saturated rings. The number of aliphatic hydroxyl groups excluding tert-OH is 1. The number of furan rings is 1. The van der Waals surface area contributed by atoms with Gasteiger partial charge in [-0.1, -0.05) is 19.1 Å². The minimum Gasteiger partial charge on any atom is -0.497 e. The second kappa shape index (κ2) is 8.61. The maximum absolute atomic E-state index is 12.9. The quantitative estimate of drug-likeness (QED) is 0.741. The molecule has 28 heavy (non-hydrogen) atoms. The normalized spacial score (nSPS) is 20.4. The summed E-state index contributed by atoms with van der Waals surface area (Å²) in [6, 6.07) is 9.11. The van der Waals surface area contributed by atoms with E-state index in [0.29, 0.717) is 24.2 Å². The molecule has 1 aromatic carbocycles. The number of aliphatic hydroxyl groups is 1. The number of rotatable bonds is 6. The SMILES string of the molecule is COc1cccc(C(C)c2oc(C(C)=O)cc2C(=O)NC2CCC(O)CC2)c1. The molecule has 1 aliphatic rings. The summed E-state index contributed by atoms with van der Waals surface area (Å²) in [7, 11) is 1.60. The second-order valence-electron chi connectivity index (χ2n) is 7.42. The van der Waals surface area contributed by atoms with Crippen molar-refractivity contribution in [3.8, 4) is 5.75 Å². The highest BCUT2D eigenvalue weighted by Crippen LogP contribution is 2.32. The largest absolute Gasteiger partial charge is 0.497 e. The highest BCUT2D eigenvalue weighted by Gasteiger charge is 2.27. The molecule has 1 saturated carbocycles. The topological polar surface area (TPSA) is 88.8 Å². The number of amides is 1. The van der Waals surface area contributed by atoms with Crippen LogP contribution >= 0.6 is 0 Å². The summed E-state index contributed by atoms with van der Waals surface area (Å²) in [5.74, 6) is 0.661. The molecule has 1 aliphatic carbocycles. The number of hydrogen-bond donors (Lipinski definition) is 2. The van der Waals surface area contributed by atoms with Crippen LogP contribution in [0.25, 0.3) is 0 Å². The lowest BCUT2D eigenvalue weighted by molar-refractivity contribution is 0.0865. The van der Waals surface area contributed by atoms with E-state index in [9.17, 15) is 14.7 Å². The lowest BCUT2D eigenvalue weighted by atomic mass is 9.92. The number of carbonyl (C=O) groups is 2. The summed E-state index contributed by atoms with van der Waals surface area (Å²) in [5.41, 5.74) is 1.31. The highest BCUT2D eigenvalue weighted by molar-refractivity contribution is 5.99. The molecule has 1 unspecified atom stereocenters. The first-order valence-corrected chi connectivity index (χ1v) is 9.66. The predicted molar refractivity (Wildman–Crippen MR) is 105 cm³/mol. The molecular weight excluding hydrogens is 358 g/mol. The average Bonchev–Trinajstić information content (AvgIpc) is 3.15. The van der Waals surface area contributed by atoms with Gasteiger partial charge in [0.2, 0.25) is 0 Å². The Balaban J connectivity index is 1.87. The van der Waals surface area contributed by atoms with Crippen molar-refractivity contribution < 1.29 is 23.8 Å². The summed E-state index contributed by atoms with van der Waals surface area (Å²) in [6.07, 6.45) is 2.57. The van der Waals surface area contributed by atoms with E-state index in [2.05, 4.69) is 5.32 Å². The molecule has 1 heterocycles. The summed E-state index contributed by atoms with van der Waals surface area (Å²) >= 11 is 0. The van der Waals surface area contributed by atoms with Crippen LogP contribution in [0.15, 0.2) is 34.7 Å². The van der Waals surface area contributed by atoms with Crippen LogP contribution in [0.5, 0.6) is 5.75 Å². The van der Waals surface area contributed by atoms with Gasteiger partial charge in [0, 0.05) is 24.9 Å². The average molecular weight is 385 g/mol.